The van der Waals surface area contributed by atoms with Crippen LogP contribution in [0.5, 0.6) is 5.75 Å². The predicted octanol–water partition coefficient (Wildman–Crippen LogP) is 2.78. The molecule has 1 aliphatic heterocycles. The van der Waals surface area contributed by atoms with Gasteiger partial charge < -0.3 is 15.2 Å². The van der Waals surface area contributed by atoms with Crippen LogP contribution >= 0.6 is 15.9 Å². The topological polar surface area (TPSA) is 76.4 Å². The molecule has 2 heterocycles. The third-order valence-corrected chi connectivity index (χ3v) is 4.00. The first-order chi connectivity index (χ1) is 10.6. The standard InChI is InChI=1S/C15H16BrN3O3/c16-10-3-4-13(14(20)6-10)15(21)18-11-7-17-19(8-11)9-12-2-1-5-22-12/h3-4,6-8,12,20H,1-2,5,9H2,(H,18,21)/t12-/m1/s1. The number of aromatic nitrogens is 2. The first-order valence-electron chi connectivity index (χ1n) is 7.06. The molecule has 22 heavy (non-hydrogen) atoms. The molecule has 0 saturated carbocycles. The molecule has 0 aliphatic carbocycles. The molecule has 1 amide bonds. The Morgan fingerprint density at radius 2 is 2.41 bits per heavy atom. The second-order valence-electron chi connectivity index (χ2n) is 5.20. The van der Waals surface area contributed by atoms with Crippen molar-refractivity contribution in [3.8, 4) is 5.75 Å². The normalized spacial score (nSPS) is 17.6. The van der Waals surface area contributed by atoms with Crippen molar-refractivity contribution in [2.75, 3.05) is 11.9 Å². The van der Waals surface area contributed by atoms with Gasteiger partial charge in [0.15, 0.2) is 0 Å². The SMILES string of the molecule is O=C(Nc1cnn(C[C@H]2CCCO2)c1)c1ccc(Br)cc1O. The van der Waals surface area contributed by atoms with E-state index in [4.69, 9.17) is 4.74 Å². The van der Waals surface area contributed by atoms with E-state index >= 15 is 0 Å². The van der Waals surface area contributed by atoms with Gasteiger partial charge >= 0.3 is 0 Å². The molecule has 1 atom stereocenters. The molecule has 0 unspecified atom stereocenters. The number of carbonyl (C=O) groups is 1. The number of benzene rings is 1. The number of anilines is 1. The fraction of sp³-hybridized carbons (Fsp3) is 0.333. The number of carbonyl (C=O) groups excluding carboxylic acids is 1. The van der Waals surface area contributed by atoms with Gasteiger partial charge in [-0.3, -0.25) is 9.48 Å². The fourth-order valence-corrected chi connectivity index (χ4v) is 2.77. The zero-order chi connectivity index (χ0) is 15.5. The average Bonchev–Trinajstić information content (AvgIpc) is 3.11. The van der Waals surface area contributed by atoms with Crippen molar-refractivity contribution in [1.29, 1.82) is 0 Å². The van der Waals surface area contributed by atoms with Gasteiger partial charge in [-0.25, -0.2) is 0 Å². The Balaban J connectivity index is 1.65. The van der Waals surface area contributed by atoms with E-state index in [2.05, 4.69) is 26.3 Å². The summed E-state index contributed by atoms with van der Waals surface area (Å²) in [6.45, 7) is 1.48. The van der Waals surface area contributed by atoms with Crippen molar-refractivity contribution < 1.29 is 14.6 Å². The summed E-state index contributed by atoms with van der Waals surface area (Å²) in [7, 11) is 0. The molecule has 116 valence electrons. The van der Waals surface area contributed by atoms with E-state index in [1.54, 1.807) is 29.2 Å². The Hall–Kier alpha value is -1.86. The maximum Gasteiger partial charge on any atom is 0.259 e. The number of amides is 1. The van der Waals surface area contributed by atoms with Gasteiger partial charge in [0.1, 0.15) is 5.75 Å². The number of nitrogens with zero attached hydrogens (tertiary/aromatic N) is 2. The van der Waals surface area contributed by atoms with Crippen molar-refractivity contribution in [1.82, 2.24) is 9.78 Å². The van der Waals surface area contributed by atoms with Crippen LogP contribution in [0.15, 0.2) is 35.1 Å². The molecule has 0 bridgehead atoms. The third kappa shape index (κ3) is 3.48. The zero-order valence-corrected chi connectivity index (χ0v) is 13.4. The number of hydrogen-bond donors (Lipinski definition) is 2. The summed E-state index contributed by atoms with van der Waals surface area (Å²) >= 11 is 3.24. The van der Waals surface area contributed by atoms with Crippen LogP contribution in [0.3, 0.4) is 0 Å². The van der Waals surface area contributed by atoms with Gasteiger partial charge in [-0.05, 0) is 31.0 Å². The lowest BCUT2D eigenvalue weighted by atomic mass is 10.2. The van der Waals surface area contributed by atoms with Crippen molar-refractivity contribution in [3.63, 3.8) is 0 Å². The van der Waals surface area contributed by atoms with Gasteiger partial charge in [-0.2, -0.15) is 5.10 Å². The Morgan fingerprint density at radius 1 is 1.55 bits per heavy atom. The molecule has 1 aromatic heterocycles. The largest absolute Gasteiger partial charge is 0.507 e. The quantitative estimate of drug-likeness (QED) is 0.873. The van der Waals surface area contributed by atoms with E-state index < -0.39 is 0 Å². The van der Waals surface area contributed by atoms with Gasteiger partial charge in [0.2, 0.25) is 0 Å². The molecule has 0 radical (unpaired) electrons. The molecule has 0 spiro atoms. The second-order valence-corrected chi connectivity index (χ2v) is 6.12. The Morgan fingerprint density at radius 3 is 3.14 bits per heavy atom. The molecule has 1 fully saturated rings. The summed E-state index contributed by atoms with van der Waals surface area (Å²) in [6.07, 6.45) is 5.66. The van der Waals surface area contributed by atoms with Crippen LogP contribution in [0.2, 0.25) is 0 Å². The highest BCUT2D eigenvalue weighted by Gasteiger charge is 2.17. The predicted molar refractivity (Wildman–Crippen MR) is 85.0 cm³/mol. The van der Waals surface area contributed by atoms with Crippen LogP contribution in [0, 0.1) is 0 Å². The number of phenols is 1. The minimum atomic E-state index is -0.373. The van der Waals surface area contributed by atoms with E-state index in [0.29, 0.717) is 16.7 Å². The highest BCUT2D eigenvalue weighted by molar-refractivity contribution is 9.10. The molecule has 1 aliphatic rings. The van der Waals surface area contributed by atoms with E-state index in [1.165, 1.54) is 6.07 Å². The molecule has 1 saturated heterocycles. The second kappa shape index (κ2) is 6.50. The van der Waals surface area contributed by atoms with Crippen molar-refractivity contribution in [2.24, 2.45) is 0 Å². The minimum absolute atomic E-state index is 0.0707. The molecule has 2 aromatic rings. The average molecular weight is 366 g/mol. The van der Waals surface area contributed by atoms with Gasteiger partial charge in [0, 0.05) is 17.3 Å². The number of aromatic hydroxyl groups is 1. The van der Waals surface area contributed by atoms with Crippen LogP contribution in [-0.2, 0) is 11.3 Å². The van der Waals surface area contributed by atoms with Crippen molar-refractivity contribution in [2.45, 2.75) is 25.5 Å². The summed E-state index contributed by atoms with van der Waals surface area (Å²) < 4.78 is 8.03. The highest BCUT2D eigenvalue weighted by Crippen LogP contribution is 2.23. The van der Waals surface area contributed by atoms with Crippen molar-refractivity contribution >= 4 is 27.5 Å². The molecule has 2 N–H and O–H groups in total. The number of rotatable bonds is 4. The first-order valence-corrected chi connectivity index (χ1v) is 7.85. The lowest BCUT2D eigenvalue weighted by Gasteiger charge is -2.08. The van der Waals surface area contributed by atoms with Gasteiger partial charge in [-0.1, -0.05) is 15.9 Å². The summed E-state index contributed by atoms with van der Waals surface area (Å²) in [6, 6.07) is 4.75. The number of hydrogen-bond acceptors (Lipinski definition) is 4. The third-order valence-electron chi connectivity index (χ3n) is 3.51. The maximum atomic E-state index is 12.2. The summed E-state index contributed by atoms with van der Waals surface area (Å²) in [5, 5.41) is 16.7. The number of ether oxygens (including phenoxy) is 1. The highest BCUT2D eigenvalue weighted by atomic mass is 79.9. The Labute approximate surface area is 136 Å². The van der Waals surface area contributed by atoms with Crippen molar-refractivity contribution in [3.05, 3.63) is 40.6 Å². The van der Waals surface area contributed by atoms with Gasteiger partial charge in [-0.15, -0.1) is 0 Å². The van der Waals surface area contributed by atoms with Crippen LogP contribution in [0.4, 0.5) is 5.69 Å². The van der Waals surface area contributed by atoms with Crippen LogP contribution in [0.25, 0.3) is 0 Å². The molecular weight excluding hydrogens is 350 g/mol. The summed E-state index contributed by atoms with van der Waals surface area (Å²) in [5.74, 6) is -0.444. The van der Waals surface area contributed by atoms with E-state index in [-0.39, 0.29) is 23.3 Å². The smallest absolute Gasteiger partial charge is 0.259 e. The van der Waals surface area contributed by atoms with Crippen LogP contribution in [0.1, 0.15) is 23.2 Å². The maximum absolute atomic E-state index is 12.2. The number of nitrogens with one attached hydrogen (secondary N) is 1. The van der Waals surface area contributed by atoms with Crippen LogP contribution < -0.4 is 5.32 Å². The number of halogens is 1. The van der Waals surface area contributed by atoms with E-state index in [0.717, 1.165) is 19.4 Å². The Kier molecular flexibility index (Phi) is 4.44. The first kappa shape index (κ1) is 15.1. The fourth-order valence-electron chi connectivity index (χ4n) is 2.42. The molecule has 1 aromatic carbocycles. The van der Waals surface area contributed by atoms with E-state index in [1.807, 2.05) is 0 Å². The minimum Gasteiger partial charge on any atom is -0.507 e. The molecule has 3 rings (SSSR count). The molecular formula is C15H16BrN3O3. The zero-order valence-electron chi connectivity index (χ0n) is 11.8. The summed E-state index contributed by atoms with van der Waals surface area (Å²) in [4.78, 5) is 12.2. The van der Waals surface area contributed by atoms with Gasteiger partial charge in [0.05, 0.1) is 30.1 Å². The molecule has 6 nitrogen and oxygen atoms in total. The monoisotopic (exact) mass is 365 g/mol. The van der Waals surface area contributed by atoms with Crippen LogP contribution in [-0.4, -0.2) is 33.5 Å². The van der Waals surface area contributed by atoms with E-state index in [9.17, 15) is 9.90 Å². The number of phenolic OH excluding ortho intramolecular Hbond substituents is 1. The Bertz CT molecular complexity index is 680. The molecule has 7 heteroatoms. The lowest BCUT2D eigenvalue weighted by molar-refractivity contribution is 0.0940. The van der Waals surface area contributed by atoms with Gasteiger partial charge in [0.25, 0.3) is 5.91 Å². The summed E-state index contributed by atoms with van der Waals surface area (Å²) in [5.41, 5.74) is 0.806. The lowest BCUT2D eigenvalue weighted by Crippen LogP contribution is -2.15.